The third kappa shape index (κ3) is 4.89. The minimum atomic E-state index is -4.97. The lowest BCUT2D eigenvalue weighted by Crippen LogP contribution is -2.12. The Kier molecular flexibility index (Phi) is 5.83. The molecule has 0 bridgehead atoms. The van der Waals surface area contributed by atoms with Crippen LogP contribution in [0, 0.1) is 6.92 Å². The van der Waals surface area contributed by atoms with Crippen LogP contribution in [0.4, 0.5) is 26.3 Å². The highest BCUT2D eigenvalue weighted by Gasteiger charge is 2.37. The zero-order valence-corrected chi connectivity index (χ0v) is 14.0. The summed E-state index contributed by atoms with van der Waals surface area (Å²) in [6.45, 7) is 1.72. The molecule has 2 aromatic carbocycles. The zero-order chi connectivity index (χ0) is 19.5. The molecule has 0 N–H and O–H groups in total. The number of hydrogen-bond acceptors (Lipinski definition) is 3. The lowest BCUT2D eigenvalue weighted by molar-refractivity contribution is -0.143. The molecule has 0 amide bonds. The van der Waals surface area contributed by atoms with Gasteiger partial charge in [0.25, 0.3) is 0 Å². The highest BCUT2D eigenvalue weighted by atomic mass is 32.2. The summed E-state index contributed by atoms with van der Waals surface area (Å²) in [5, 5.41) is -1.29. The molecule has 2 rings (SSSR count). The Morgan fingerprint density at radius 3 is 1.96 bits per heavy atom. The first-order valence-corrected chi connectivity index (χ1v) is 7.99. The average Bonchev–Trinajstić information content (AvgIpc) is 2.54. The first-order chi connectivity index (χ1) is 12.0. The van der Waals surface area contributed by atoms with Crippen LogP contribution in [0.1, 0.15) is 27.6 Å². The molecule has 9 heteroatoms. The van der Waals surface area contributed by atoms with Crippen LogP contribution in [0.15, 0.2) is 52.4 Å². The van der Waals surface area contributed by atoms with Gasteiger partial charge in [-0.2, -0.15) is 31.3 Å². The van der Waals surface area contributed by atoms with Crippen molar-refractivity contribution in [1.82, 2.24) is 0 Å². The molecule has 0 radical (unpaired) electrons. The van der Waals surface area contributed by atoms with Crippen LogP contribution in [0.3, 0.4) is 0 Å². The second kappa shape index (κ2) is 7.55. The van der Waals surface area contributed by atoms with E-state index >= 15 is 0 Å². The Morgan fingerprint density at radius 1 is 0.962 bits per heavy atom. The number of halogens is 6. The number of alkyl halides is 6. The fourth-order valence-electron chi connectivity index (χ4n) is 2.15. The summed E-state index contributed by atoms with van der Waals surface area (Å²) in [4.78, 5) is 14.6. The van der Waals surface area contributed by atoms with Crippen molar-refractivity contribution in [3.8, 4) is 0 Å². The maximum atomic E-state index is 13.0. The number of aryl methyl sites for hydroxylation is 1. The second-order valence-electron chi connectivity index (χ2n) is 5.30. The van der Waals surface area contributed by atoms with Crippen molar-refractivity contribution < 1.29 is 31.1 Å². The van der Waals surface area contributed by atoms with Gasteiger partial charge in [0.05, 0.1) is 11.1 Å². The summed E-state index contributed by atoms with van der Waals surface area (Å²) in [5.41, 5.74) is -2.56. The van der Waals surface area contributed by atoms with Crippen LogP contribution >= 0.6 is 11.8 Å². The number of isocyanates is 1. The van der Waals surface area contributed by atoms with Crippen LogP contribution < -0.4 is 0 Å². The largest absolute Gasteiger partial charge is 0.416 e. The van der Waals surface area contributed by atoms with Crippen molar-refractivity contribution in [1.29, 1.82) is 0 Å². The van der Waals surface area contributed by atoms with Gasteiger partial charge in [0.2, 0.25) is 6.08 Å². The normalized spacial score (nSPS) is 13.2. The molecule has 1 unspecified atom stereocenters. The minimum Gasteiger partial charge on any atom is -0.211 e. The van der Waals surface area contributed by atoms with Crippen molar-refractivity contribution in [2.24, 2.45) is 4.99 Å². The molecule has 0 fully saturated rings. The molecule has 0 saturated heterocycles. The molecule has 0 aliphatic heterocycles. The van der Waals surface area contributed by atoms with Gasteiger partial charge >= 0.3 is 12.4 Å². The quantitative estimate of drug-likeness (QED) is 0.270. The van der Waals surface area contributed by atoms with Gasteiger partial charge in [-0.1, -0.05) is 30.0 Å². The summed E-state index contributed by atoms with van der Waals surface area (Å²) < 4.78 is 78.0. The van der Waals surface area contributed by atoms with Gasteiger partial charge < -0.3 is 0 Å². The van der Waals surface area contributed by atoms with E-state index < -0.39 is 28.9 Å². The van der Waals surface area contributed by atoms with E-state index in [1.165, 1.54) is 6.08 Å². The maximum Gasteiger partial charge on any atom is 0.416 e. The number of nitrogens with zero attached hydrogens (tertiary/aromatic N) is 1. The molecule has 2 nitrogen and oxygen atoms in total. The summed E-state index contributed by atoms with van der Waals surface area (Å²) >= 11 is 0.868. The van der Waals surface area contributed by atoms with Gasteiger partial charge in [-0.05, 0) is 42.3 Å². The number of rotatable bonds is 4. The topological polar surface area (TPSA) is 29.4 Å². The van der Waals surface area contributed by atoms with Gasteiger partial charge in [-0.25, -0.2) is 4.79 Å². The van der Waals surface area contributed by atoms with E-state index in [-0.39, 0.29) is 11.6 Å². The number of thioether (sulfide) groups is 1. The molecular weight excluding hydrogens is 380 g/mol. The van der Waals surface area contributed by atoms with Crippen LogP contribution in [0.25, 0.3) is 0 Å². The smallest absolute Gasteiger partial charge is 0.211 e. The summed E-state index contributed by atoms with van der Waals surface area (Å²) in [5.74, 6) is 0. The van der Waals surface area contributed by atoms with Crippen molar-refractivity contribution in [2.45, 2.75) is 29.5 Å². The van der Waals surface area contributed by atoms with Gasteiger partial charge in [-0.3, -0.25) is 0 Å². The number of hydrogen-bond donors (Lipinski definition) is 0. The fourth-order valence-corrected chi connectivity index (χ4v) is 3.17. The third-order valence-corrected chi connectivity index (χ3v) is 4.71. The number of aliphatic imine (C=N–C) groups is 1. The van der Waals surface area contributed by atoms with E-state index in [2.05, 4.69) is 4.99 Å². The first-order valence-electron chi connectivity index (χ1n) is 7.11. The first kappa shape index (κ1) is 20.1. The SMILES string of the molecule is Cc1ccccc1SC(N=C=O)c1cc(C(F)(F)F)cc(C(F)(F)F)c1. The monoisotopic (exact) mass is 391 g/mol. The van der Waals surface area contributed by atoms with Crippen LogP contribution in [0.2, 0.25) is 0 Å². The van der Waals surface area contributed by atoms with Crippen LogP contribution in [-0.2, 0) is 17.1 Å². The Hall–Kier alpha value is -2.25. The average molecular weight is 391 g/mol. The standard InChI is InChI=1S/C17H11F6NOS/c1-10-4-2-3-5-14(10)26-15(24-9-25)11-6-12(16(18,19)20)8-13(7-11)17(21,22)23/h2-8,15H,1H3. The summed E-state index contributed by atoms with van der Waals surface area (Å²) in [6, 6.07) is 7.89. The molecule has 0 aliphatic carbocycles. The molecule has 0 spiro atoms. The summed E-state index contributed by atoms with van der Waals surface area (Å²) in [7, 11) is 0. The fraction of sp³-hybridized carbons (Fsp3) is 0.235. The van der Waals surface area contributed by atoms with E-state index in [0.29, 0.717) is 17.0 Å². The lowest BCUT2D eigenvalue weighted by atomic mass is 10.0. The van der Waals surface area contributed by atoms with Crippen molar-refractivity contribution in [3.63, 3.8) is 0 Å². The van der Waals surface area contributed by atoms with Crippen LogP contribution in [0.5, 0.6) is 0 Å². The van der Waals surface area contributed by atoms with E-state index in [1.807, 2.05) is 0 Å². The van der Waals surface area contributed by atoms with Crippen molar-refractivity contribution >= 4 is 17.8 Å². The predicted octanol–water partition coefficient (Wildman–Crippen LogP) is 6.16. The highest BCUT2D eigenvalue weighted by Crippen LogP contribution is 2.42. The van der Waals surface area contributed by atoms with Gasteiger partial charge in [0.1, 0.15) is 5.37 Å². The Bertz CT molecular complexity index is 808. The second-order valence-corrected chi connectivity index (χ2v) is 6.42. The molecule has 2 aromatic rings. The third-order valence-electron chi connectivity index (χ3n) is 3.40. The van der Waals surface area contributed by atoms with Gasteiger partial charge in [-0.15, -0.1) is 0 Å². The Morgan fingerprint density at radius 2 is 1.50 bits per heavy atom. The molecule has 26 heavy (non-hydrogen) atoms. The number of carbonyl (C=O) groups excluding carboxylic acids is 1. The Labute approximate surface area is 148 Å². The summed E-state index contributed by atoms with van der Waals surface area (Å²) in [6.07, 6.45) is -8.73. The van der Waals surface area contributed by atoms with E-state index in [4.69, 9.17) is 0 Å². The molecule has 0 aromatic heterocycles. The molecule has 0 saturated carbocycles. The van der Waals surface area contributed by atoms with Crippen molar-refractivity contribution in [3.05, 3.63) is 64.7 Å². The lowest BCUT2D eigenvalue weighted by Gasteiger charge is -2.17. The molecule has 138 valence electrons. The number of benzene rings is 2. The highest BCUT2D eigenvalue weighted by molar-refractivity contribution is 7.99. The maximum absolute atomic E-state index is 13.0. The minimum absolute atomic E-state index is 0.0314. The Balaban J connectivity index is 2.57. The van der Waals surface area contributed by atoms with Gasteiger partial charge in [0.15, 0.2) is 0 Å². The van der Waals surface area contributed by atoms with E-state index in [1.54, 1.807) is 31.2 Å². The molecule has 1 atom stereocenters. The molecule has 0 aliphatic rings. The zero-order valence-electron chi connectivity index (χ0n) is 13.2. The van der Waals surface area contributed by atoms with E-state index in [0.717, 1.165) is 17.3 Å². The molecular formula is C17H11F6NOS. The van der Waals surface area contributed by atoms with Gasteiger partial charge in [0, 0.05) is 4.90 Å². The van der Waals surface area contributed by atoms with Crippen molar-refractivity contribution in [2.75, 3.05) is 0 Å². The van der Waals surface area contributed by atoms with E-state index in [9.17, 15) is 31.1 Å². The molecule has 0 heterocycles. The van der Waals surface area contributed by atoms with Crippen LogP contribution in [-0.4, -0.2) is 6.08 Å². The predicted molar refractivity (Wildman–Crippen MR) is 84.3 cm³/mol.